The average molecular weight is 249 g/mol. The van der Waals surface area contributed by atoms with Gasteiger partial charge in [0.15, 0.2) is 5.58 Å². The second-order valence-corrected chi connectivity index (χ2v) is 5.47. The topological polar surface area (TPSA) is 64.1 Å². The fourth-order valence-corrected chi connectivity index (χ4v) is 3.15. The lowest BCUT2D eigenvalue weighted by Gasteiger charge is -2.21. The minimum Gasteiger partial charge on any atom is -0.423 e. The first kappa shape index (κ1) is 10.8. The van der Waals surface area contributed by atoms with Crippen molar-refractivity contribution < 1.29 is 4.42 Å². The molecule has 0 unspecified atom stereocenters. The number of nitrogens with zero attached hydrogens (tertiary/aromatic N) is 1. The summed E-state index contributed by atoms with van der Waals surface area (Å²) in [4.78, 5) is 4.40. The minimum atomic E-state index is 0.477. The van der Waals surface area contributed by atoms with Crippen LogP contribution in [0.5, 0.6) is 0 Å². The van der Waals surface area contributed by atoms with Crippen molar-refractivity contribution in [1.29, 1.82) is 0 Å². The summed E-state index contributed by atoms with van der Waals surface area (Å²) < 4.78 is 5.64. The minimum absolute atomic E-state index is 0.477. The molecule has 4 nitrogen and oxygen atoms in total. The van der Waals surface area contributed by atoms with E-state index in [1.54, 1.807) is 0 Å². The summed E-state index contributed by atoms with van der Waals surface area (Å²) in [7, 11) is 0. The number of para-hydroxylation sites is 1. The molecule has 1 aromatic carbocycles. The maximum absolute atomic E-state index is 5.85. The van der Waals surface area contributed by atoms with E-state index in [0.717, 1.165) is 11.1 Å². The lowest BCUT2D eigenvalue weighted by Crippen LogP contribution is -2.24. The second-order valence-electron chi connectivity index (χ2n) is 4.24. The number of nitrogen functional groups attached to an aromatic ring is 1. The molecule has 17 heavy (non-hydrogen) atoms. The van der Waals surface area contributed by atoms with Gasteiger partial charge >= 0.3 is 0 Å². The monoisotopic (exact) mass is 249 g/mol. The van der Waals surface area contributed by atoms with Crippen LogP contribution in [-0.4, -0.2) is 22.5 Å². The van der Waals surface area contributed by atoms with E-state index in [4.69, 9.17) is 10.2 Å². The van der Waals surface area contributed by atoms with Crippen LogP contribution in [0.4, 0.5) is 11.7 Å². The SMILES string of the molecule is Nc1cccc2oc(NC3CCSCC3)nc12. The predicted octanol–water partition coefficient (Wildman–Crippen LogP) is 2.72. The Morgan fingerprint density at radius 2 is 2.18 bits per heavy atom. The molecule has 3 N–H and O–H groups in total. The van der Waals surface area contributed by atoms with Gasteiger partial charge in [0.25, 0.3) is 6.01 Å². The molecule has 0 amide bonds. The van der Waals surface area contributed by atoms with Gasteiger partial charge in [0.2, 0.25) is 0 Å². The lowest BCUT2D eigenvalue weighted by atomic mass is 10.2. The third kappa shape index (κ3) is 2.20. The first-order chi connectivity index (χ1) is 8.33. The first-order valence-corrected chi connectivity index (χ1v) is 6.98. The van der Waals surface area contributed by atoms with Gasteiger partial charge in [0.1, 0.15) is 5.52 Å². The number of rotatable bonds is 2. The largest absolute Gasteiger partial charge is 0.423 e. The number of anilines is 2. The zero-order valence-corrected chi connectivity index (χ0v) is 10.3. The van der Waals surface area contributed by atoms with E-state index >= 15 is 0 Å². The number of fused-ring (bicyclic) bond motifs is 1. The lowest BCUT2D eigenvalue weighted by molar-refractivity contribution is 0.577. The van der Waals surface area contributed by atoms with E-state index in [1.165, 1.54) is 24.3 Å². The molecular weight excluding hydrogens is 234 g/mol. The summed E-state index contributed by atoms with van der Waals surface area (Å²) in [5.74, 6) is 2.42. The number of oxazole rings is 1. The Balaban J connectivity index is 1.83. The zero-order valence-electron chi connectivity index (χ0n) is 9.48. The Kier molecular flexibility index (Phi) is 2.84. The van der Waals surface area contributed by atoms with E-state index in [0.29, 0.717) is 17.7 Å². The molecule has 3 rings (SSSR count). The van der Waals surface area contributed by atoms with E-state index in [2.05, 4.69) is 10.3 Å². The number of hydrogen-bond acceptors (Lipinski definition) is 5. The molecule has 0 saturated carbocycles. The van der Waals surface area contributed by atoms with Crippen LogP contribution in [0.3, 0.4) is 0 Å². The van der Waals surface area contributed by atoms with Crippen molar-refractivity contribution in [3.8, 4) is 0 Å². The second kappa shape index (κ2) is 4.49. The number of benzene rings is 1. The van der Waals surface area contributed by atoms with Crippen LogP contribution in [0.15, 0.2) is 22.6 Å². The summed E-state index contributed by atoms with van der Waals surface area (Å²) in [6, 6.07) is 6.68. The zero-order chi connectivity index (χ0) is 11.7. The van der Waals surface area contributed by atoms with Gasteiger partial charge in [-0.3, -0.25) is 0 Å². The smallest absolute Gasteiger partial charge is 0.295 e. The fraction of sp³-hybridized carbons (Fsp3) is 0.417. The molecule has 0 radical (unpaired) electrons. The summed E-state index contributed by atoms with van der Waals surface area (Å²) in [6.07, 6.45) is 2.33. The maximum atomic E-state index is 5.85. The quantitative estimate of drug-likeness (QED) is 0.801. The molecule has 0 atom stereocenters. The highest BCUT2D eigenvalue weighted by Gasteiger charge is 2.16. The average Bonchev–Trinajstić information content (AvgIpc) is 2.74. The van der Waals surface area contributed by atoms with Crippen LogP contribution < -0.4 is 11.1 Å². The third-order valence-corrected chi connectivity index (χ3v) is 4.05. The van der Waals surface area contributed by atoms with Crippen LogP contribution in [0.25, 0.3) is 11.1 Å². The highest BCUT2D eigenvalue weighted by atomic mass is 32.2. The van der Waals surface area contributed by atoms with Crippen molar-refractivity contribution in [3.05, 3.63) is 18.2 Å². The summed E-state index contributed by atoms with van der Waals surface area (Å²) >= 11 is 2.01. The molecule has 1 aromatic heterocycles. The van der Waals surface area contributed by atoms with E-state index in [-0.39, 0.29) is 0 Å². The standard InChI is InChI=1S/C12H15N3OS/c13-9-2-1-3-10-11(9)15-12(16-10)14-8-4-6-17-7-5-8/h1-3,8H,4-7,13H2,(H,14,15). The Bertz CT molecular complexity index is 519. The Morgan fingerprint density at radius 3 is 2.94 bits per heavy atom. The van der Waals surface area contributed by atoms with Crippen LogP contribution in [-0.2, 0) is 0 Å². The summed E-state index contributed by atoms with van der Waals surface area (Å²) in [5.41, 5.74) is 8.01. The number of aromatic nitrogens is 1. The molecule has 1 aliphatic heterocycles. The normalized spacial score (nSPS) is 17.4. The predicted molar refractivity (Wildman–Crippen MR) is 72.4 cm³/mol. The van der Waals surface area contributed by atoms with E-state index in [9.17, 15) is 0 Å². The van der Waals surface area contributed by atoms with Gasteiger partial charge in [-0.15, -0.1) is 0 Å². The number of nitrogens with one attached hydrogen (secondary N) is 1. The van der Waals surface area contributed by atoms with Crippen molar-refractivity contribution in [3.63, 3.8) is 0 Å². The summed E-state index contributed by atoms with van der Waals surface area (Å²) in [5, 5.41) is 3.35. The first-order valence-electron chi connectivity index (χ1n) is 5.82. The van der Waals surface area contributed by atoms with Crippen molar-refractivity contribution >= 4 is 34.6 Å². The number of nitrogens with two attached hydrogens (primary N) is 1. The highest BCUT2D eigenvalue weighted by Crippen LogP contribution is 2.26. The van der Waals surface area contributed by atoms with Gasteiger partial charge in [-0.2, -0.15) is 16.7 Å². The van der Waals surface area contributed by atoms with Crippen molar-refractivity contribution in [2.24, 2.45) is 0 Å². The Hall–Kier alpha value is -1.36. The van der Waals surface area contributed by atoms with E-state index in [1.807, 2.05) is 30.0 Å². The molecule has 1 saturated heterocycles. The molecule has 1 fully saturated rings. The highest BCUT2D eigenvalue weighted by molar-refractivity contribution is 7.99. The molecule has 0 spiro atoms. The molecule has 0 aliphatic carbocycles. The van der Waals surface area contributed by atoms with Gasteiger partial charge in [0, 0.05) is 6.04 Å². The van der Waals surface area contributed by atoms with Crippen LogP contribution in [0.1, 0.15) is 12.8 Å². The van der Waals surface area contributed by atoms with Crippen LogP contribution in [0.2, 0.25) is 0 Å². The van der Waals surface area contributed by atoms with Crippen LogP contribution >= 0.6 is 11.8 Å². The Morgan fingerprint density at radius 1 is 1.35 bits per heavy atom. The number of thioether (sulfide) groups is 1. The molecule has 1 aliphatic rings. The molecular formula is C12H15N3OS. The maximum Gasteiger partial charge on any atom is 0.295 e. The van der Waals surface area contributed by atoms with Gasteiger partial charge in [-0.05, 0) is 36.5 Å². The number of hydrogen-bond donors (Lipinski definition) is 2. The van der Waals surface area contributed by atoms with Crippen molar-refractivity contribution in [2.75, 3.05) is 22.6 Å². The molecule has 0 bridgehead atoms. The molecule has 5 heteroatoms. The molecule has 90 valence electrons. The van der Waals surface area contributed by atoms with Crippen LogP contribution in [0, 0.1) is 0 Å². The summed E-state index contributed by atoms with van der Waals surface area (Å²) in [6.45, 7) is 0. The van der Waals surface area contributed by atoms with Crippen molar-refractivity contribution in [2.45, 2.75) is 18.9 Å². The third-order valence-electron chi connectivity index (χ3n) is 3.00. The van der Waals surface area contributed by atoms with Gasteiger partial charge in [-0.1, -0.05) is 6.07 Å². The molecule has 2 heterocycles. The van der Waals surface area contributed by atoms with Crippen molar-refractivity contribution in [1.82, 2.24) is 4.98 Å². The molecule has 2 aromatic rings. The van der Waals surface area contributed by atoms with E-state index < -0.39 is 0 Å². The van der Waals surface area contributed by atoms with Gasteiger partial charge in [0.05, 0.1) is 5.69 Å². The van der Waals surface area contributed by atoms with Gasteiger partial charge in [-0.25, -0.2) is 0 Å². The van der Waals surface area contributed by atoms with Gasteiger partial charge < -0.3 is 15.5 Å². The Labute approximate surface area is 104 Å². The fourth-order valence-electron chi connectivity index (χ4n) is 2.05.